The highest BCUT2D eigenvalue weighted by Crippen LogP contribution is 2.19. The summed E-state index contributed by atoms with van der Waals surface area (Å²) >= 11 is 0. The minimum absolute atomic E-state index is 0.0307. The molecule has 0 aliphatic heterocycles. The fourth-order valence-electron chi connectivity index (χ4n) is 4.79. The molecule has 3 amide bonds. The maximum absolute atomic E-state index is 13.9. The molecule has 2 aromatic heterocycles. The summed E-state index contributed by atoms with van der Waals surface area (Å²) in [6.45, 7) is 0.445. The second kappa shape index (κ2) is 17.7. The molecular formula is C29H43N13O5. The standard InChI is InChI=1S/C29H43N13O5/c30-19(6-3-9-36-28(31)32)24(43)41-22(11-16-13-38-20-7-2-1-5-18(16)20)25(44)42-23(12-17-14-35-15-39-17)26(45)40-21(27(46)47)8-4-10-37-29(33)34/h1-2,5,7,13-15,19,21-23,38H,3-4,6,8-12,30H2,(H,35,39)(H,40,45)(H,41,43)(H,42,44)(H,46,47)(H4,31,32,36)(H4,33,34,37). The zero-order chi connectivity index (χ0) is 34.3. The van der Waals surface area contributed by atoms with Crippen molar-refractivity contribution in [3.63, 3.8) is 0 Å². The predicted molar refractivity (Wildman–Crippen MR) is 176 cm³/mol. The molecule has 16 N–H and O–H groups in total. The number of para-hydroxylation sites is 1. The molecule has 18 nitrogen and oxygen atoms in total. The van der Waals surface area contributed by atoms with Crippen LogP contribution in [0.4, 0.5) is 0 Å². The quantitative estimate of drug-likeness (QED) is 0.0369. The van der Waals surface area contributed by atoms with E-state index in [9.17, 15) is 24.3 Å². The molecule has 254 valence electrons. The Bertz CT molecular complexity index is 1540. The number of H-pyrrole nitrogens is 2. The molecule has 4 unspecified atom stereocenters. The molecule has 47 heavy (non-hydrogen) atoms. The number of aromatic nitrogens is 3. The van der Waals surface area contributed by atoms with Crippen molar-refractivity contribution in [2.45, 2.75) is 62.7 Å². The van der Waals surface area contributed by atoms with Crippen LogP contribution in [0.5, 0.6) is 0 Å². The summed E-state index contributed by atoms with van der Waals surface area (Å²) in [5.74, 6) is -3.51. The van der Waals surface area contributed by atoms with Crippen LogP contribution in [0.3, 0.4) is 0 Å². The van der Waals surface area contributed by atoms with Crippen LogP contribution in [0.15, 0.2) is 53.0 Å². The number of rotatable bonds is 19. The molecule has 0 aliphatic rings. The van der Waals surface area contributed by atoms with Gasteiger partial charge in [-0.1, -0.05) is 18.2 Å². The average Bonchev–Trinajstić information content (AvgIpc) is 3.69. The van der Waals surface area contributed by atoms with Gasteiger partial charge in [-0.25, -0.2) is 9.78 Å². The number of benzene rings is 1. The lowest BCUT2D eigenvalue weighted by atomic mass is 10.0. The van der Waals surface area contributed by atoms with Crippen LogP contribution < -0.4 is 44.6 Å². The van der Waals surface area contributed by atoms with E-state index in [1.807, 2.05) is 24.3 Å². The number of nitrogens with two attached hydrogens (primary N) is 5. The molecule has 0 fully saturated rings. The Labute approximate surface area is 270 Å². The van der Waals surface area contributed by atoms with E-state index in [0.29, 0.717) is 12.1 Å². The summed E-state index contributed by atoms with van der Waals surface area (Å²) in [5.41, 5.74) is 29.5. The molecule has 0 saturated carbocycles. The van der Waals surface area contributed by atoms with Crippen molar-refractivity contribution >= 4 is 46.5 Å². The number of carboxylic acid groups (broad SMARTS) is 1. The van der Waals surface area contributed by atoms with Gasteiger partial charge in [0.25, 0.3) is 0 Å². The van der Waals surface area contributed by atoms with Crippen LogP contribution in [-0.2, 0) is 32.0 Å². The summed E-state index contributed by atoms with van der Waals surface area (Å²) in [5, 5.41) is 18.5. The smallest absolute Gasteiger partial charge is 0.326 e. The van der Waals surface area contributed by atoms with Crippen molar-refractivity contribution in [2.75, 3.05) is 13.1 Å². The molecule has 3 aromatic rings. The van der Waals surface area contributed by atoms with E-state index in [2.05, 4.69) is 40.9 Å². The van der Waals surface area contributed by atoms with Crippen molar-refractivity contribution in [2.24, 2.45) is 38.7 Å². The number of aromatic amines is 2. The number of imidazole rings is 1. The topological polar surface area (TPSA) is 324 Å². The van der Waals surface area contributed by atoms with Gasteiger partial charge in [-0.05, 0) is 37.3 Å². The van der Waals surface area contributed by atoms with Crippen molar-refractivity contribution in [1.82, 2.24) is 30.9 Å². The van der Waals surface area contributed by atoms with Crippen molar-refractivity contribution in [3.8, 4) is 0 Å². The zero-order valence-corrected chi connectivity index (χ0v) is 25.8. The SMILES string of the molecule is NC(N)=NCCCC(N)C(=O)NC(Cc1c[nH]c2ccccc12)C(=O)NC(Cc1cnc[nH]1)C(=O)NC(CCCN=C(N)N)C(=O)O. The minimum atomic E-state index is -1.28. The lowest BCUT2D eigenvalue weighted by Gasteiger charge is -2.25. The highest BCUT2D eigenvalue weighted by atomic mass is 16.4. The third-order valence-electron chi connectivity index (χ3n) is 7.21. The van der Waals surface area contributed by atoms with Crippen LogP contribution in [0.2, 0.25) is 0 Å². The number of aliphatic imine (C=N–C) groups is 2. The number of nitrogens with one attached hydrogen (secondary N) is 5. The molecule has 0 bridgehead atoms. The molecule has 18 heteroatoms. The number of carboxylic acids is 1. The van der Waals surface area contributed by atoms with E-state index in [1.54, 1.807) is 6.20 Å². The third-order valence-corrected chi connectivity index (χ3v) is 7.21. The second-order valence-electron chi connectivity index (χ2n) is 10.9. The largest absolute Gasteiger partial charge is 0.480 e. The first-order valence-electron chi connectivity index (χ1n) is 15.0. The van der Waals surface area contributed by atoms with Crippen LogP contribution >= 0.6 is 0 Å². The number of nitrogens with zero attached hydrogens (tertiary/aromatic N) is 3. The monoisotopic (exact) mass is 653 g/mol. The van der Waals surface area contributed by atoms with Crippen molar-refractivity contribution < 1.29 is 24.3 Å². The van der Waals surface area contributed by atoms with Crippen molar-refractivity contribution in [3.05, 3.63) is 54.2 Å². The van der Waals surface area contributed by atoms with Gasteiger partial charge in [-0.15, -0.1) is 0 Å². The summed E-state index contributed by atoms with van der Waals surface area (Å²) in [6.07, 6.45) is 5.61. The number of guanidine groups is 2. The second-order valence-corrected chi connectivity index (χ2v) is 10.9. The van der Waals surface area contributed by atoms with Gasteiger partial charge in [-0.3, -0.25) is 24.4 Å². The van der Waals surface area contributed by atoms with E-state index >= 15 is 0 Å². The molecule has 2 heterocycles. The molecule has 0 spiro atoms. The summed E-state index contributed by atoms with van der Waals surface area (Å²) in [7, 11) is 0. The summed E-state index contributed by atoms with van der Waals surface area (Å²) in [6, 6.07) is 2.82. The van der Waals surface area contributed by atoms with Crippen LogP contribution in [0.25, 0.3) is 10.9 Å². The maximum Gasteiger partial charge on any atom is 0.326 e. The first-order chi connectivity index (χ1) is 22.4. The fraction of sp³-hybridized carbons (Fsp3) is 0.414. The molecule has 1 aromatic carbocycles. The fourth-order valence-corrected chi connectivity index (χ4v) is 4.79. The number of hydrogen-bond acceptors (Lipinski definition) is 8. The Kier molecular flexibility index (Phi) is 13.5. The predicted octanol–water partition coefficient (Wildman–Crippen LogP) is -2.35. The van der Waals surface area contributed by atoms with Gasteiger partial charge < -0.3 is 59.7 Å². The van der Waals surface area contributed by atoms with Crippen LogP contribution in [0.1, 0.15) is 36.9 Å². The van der Waals surface area contributed by atoms with Gasteiger partial charge >= 0.3 is 5.97 Å². The number of carbonyl (C=O) groups is 4. The number of aliphatic carboxylic acids is 1. The van der Waals surface area contributed by atoms with Crippen LogP contribution in [-0.4, -0.2) is 92.9 Å². The molecule has 3 rings (SSSR count). The highest BCUT2D eigenvalue weighted by Gasteiger charge is 2.31. The van der Waals surface area contributed by atoms with Gasteiger partial charge in [-0.2, -0.15) is 0 Å². The van der Waals surface area contributed by atoms with Gasteiger partial charge in [0, 0.05) is 54.9 Å². The van der Waals surface area contributed by atoms with Crippen LogP contribution in [0, 0.1) is 0 Å². The normalized spacial score (nSPS) is 13.5. The first kappa shape index (κ1) is 35.8. The summed E-state index contributed by atoms with van der Waals surface area (Å²) in [4.78, 5) is 70.1. The third kappa shape index (κ3) is 11.7. The number of fused-ring (bicyclic) bond motifs is 1. The van der Waals surface area contributed by atoms with E-state index in [0.717, 1.165) is 16.5 Å². The Morgan fingerprint density at radius 3 is 2.02 bits per heavy atom. The number of hydrogen-bond donors (Lipinski definition) is 11. The molecule has 4 atom stereocenters. The summed E-state index contributed by atoms with van der Waals surface area (Å²) < 4.78 is 0. The lowest BCUT2D eigenvalue weighted by Crippen LogP contribution is -2.58. The molecule has 0 saturated heterocycles. The van der Waals surface area contributed by atoms with Gasteiger partial charge in [0.05, 0.1) is 12.4 Å². The van der Waals surface area contributed by atoms with E-state index in [1.165, 1.54) is 12.5 Å². The lowest BCUT2D eigenvalue weighted by molar-refractivity contribution is -0.142. The Morgan fingerprint density at radius 2 is 1.40 bits per heavy atom. The average molecular weight is 654 g/mol. The molecule has 0 radical (unpaired) electrons. The van der Waals surface area contributed by atoms with E-state index in [-0.39, 0.29) is 57.1 Å². The maximum atomic E-state index is 13.9. The Morgan fingerprint density at radius 1 is 0.809 bits per heavy atom. The molecular weight excluding hydrogens is 610 g/mol. The highest BCUT2D eigenvalue weighted by molar-refractivity contribution is 5.95. The van der Waals surface area contributed by atoms with E-state index < -0.39 is 47.9 Å². The zero-order valence-electron chi connectivity index (χ0n) is 25.8. The Balaban J connectivity index is 1.81. The van der Waals surface area contributed by atoms with Gasteiger partial charge in [0.1, 0.15) is 18.1 Å². The van der Waals surface area contributed by atoms with Gasteiger partial charge in [0.15, 0.2) is 11.9 Å². The minimum Gasteiger partial charge on any atom is -0.480 e. The Hall–Kier alpha value is -5.65. The van der Waals surface area contributed by atoms with E-state index in [4.69, 9.17) is 28.7 Å². The molecule has 0 aliphatic carbocycles. The van der Waals surface area contributed by atoms with Gasteiger partial charge in [0.2, 0.25) is 17.7 Å². The number of amides is 3. The first-order valence-corrected chi connectivity index (χ1v) is 15.0. The van der Waals surface area contributed by atoms with Crippen molar-refractivity contribution in [1.29, 1.82) is 0 Å². The number of carbonyl (C=O) groups excluding carboxylic acids is 3.